The van der Waals surface area contributed by atoms with E-state index in [-0.39, 0.29) is 30.0 Å². The van der Waals surface area contributed by atoms with Crippen molar-refractivity contribution in [3.63, 3.8) is 0 Å². The van der Waals surface area contributed by atoms with Gasteiger partial charge in [-0.15, -0.1) is 0 Å². The third kappa shape index (κ3) is 3.15. The molecular weight excluding hydrogens is 304 g/mol. The van der Waals surface area contributed by atoms with Crippen LogP contribution in [0.4, 0.5) is 8.78 Å². The molecule has 0 bridgehead atoms. The number of nitrogens with zero attached hydrogens (tertiary/aromatic N) is 1. The van der Waals surface area contributed by atoms with Gasteiger partial charge in [0.1, 0.15) is 11.4 Å². The highest BCUT2D eigenvalue weighted by atomic mass is 19.3. The molecule has 1 aliphatic heterocycles. The summed E-state index contributed by atoms with van der Waals surface area (Å²) in [6.45, 7) is 4.77. The van der Waals surface area contributed by atoms with E-state index in [0.29, 0.717) is 31.0 Å². The fourth-order valence-electron chi connectivity index (χ4n) is 3.16. The number of halogens is 2. The van der Waals surface area contributed by atoms with Crippen LogP contribution in [-0.2, 0) is 12.0 Å². The Morgan fingerprint density at radius 3 is 2.87 bits per heavy atom. The maximum atomic E-state index is 13.3. The zero-order valence-electron chi connectivity index (χ0n) is 13.3. The van der Waals surface area contributed by atoms with Crippen molar-refractivity contribution >= 4 is 5.91 Å². The maximum absolute atomic E-state index is 13.3. The number of rotatable bonds is 4. The van der Waals surface area contributed by atoms with Crippen molar-refractivity contribution in [2.24, 2.45) is 5.73 Å². The van der Waals surface area contributed by atoms with Crippen molar-refractivity contribution < 1.29 is 18.3 Å². The largest absolute Gasteiger partial charge is 0.490 e. The summed E-state index contributed by atoms with van der Waals surface area (Å²) in [7, 11) is 0. The van der Waals surface area contributed by atoms with Crippen molar-refractivity contribution in [3.05, 3.63) is 23.0 Å². The summed E-state index contributed by atoms with van der Waals surface area (Å²) in [5.74, 6) is -2.56. The Kier molecular flexibility index (Phi) is 3.78. The maximum Gasteiger partial charge on any atom is 0.267 e. The van der Waals surface area contributed by atoms with Crippen LogP contribution in [0.25, 0.3) is 0 Å². The van der Waals surface area contributed by atoms with Gasteiger partial charge in [-0.1, -0.05) is 13.8 Å². The Morgan fingerprint density at radius 1 is 1.52 bits per heavy atom. The van der Waals surface area contributed by atoms with Crippen LogP contribution in [0.15, 0.2) is 6.07 Å². The lowest BCUT2D eigenvalue weighted by molar-refractivity contribution is 0.00686. The summed E-state index contributed by atoms with van der Waals surface area (Å²) in [6.07, 6.45) is 0.194. The van der Waals surface area contributed by atoms with Gasteiger partial charge in [0.15, 0.2) is 0 Å². The molecule has 2 heterocycles. The van der Waals surface area contributed by atoms with E-state index in [1.54, 1.807) is 6.07 Å². The van der Waals surface area contributed by atoms with Gasteiger partial charge in [0.25, 0.3) is 5.91 Å². The predicted molar refractivity (Wildman–Crippen MR) is 80.7 cm³/mol. The highest BCUT2D eigenvalue weighted by molar-refractivity contribution is 5.91. The summed E-state index contributed by atoms with van der Waals surface area (Å²) in [5.41, 5.74) is 6.66. The van der Waals surface area contributed by atoms with E-state index in [0.717, 1.165) is 5.56 Å². The van der Waals surface area contributed by atoms with E-state index >= 15 is 0 Å². The minimum Gasteiger partial charge on any atom is -0.490 e. The van der Waals surface area contributed by atoms with E-state index in [1.807, 2.05) is 13.8 Å². The first-order valence-corrected chi connectivity index (χ1v) is 7.76. The van der Waals surface area contributed by atoms with Gasteiger partial charge < -0.3 is 15.8 Å². The lowest BCUT2D eigenvalue weighted by atomic mass is 9.90. The van der Waals surface area contributed by atoms with E-state index in [2.05, 4.69) is 10.3 Å². The third-order valence-electron chi connectivity index (χ3n) is 4.51. The molecule has 2 aliphatic rings. The van der Waals surface area contributed by atoms with E-state index in [1.165, 1.54) is 0 Å². The van der Waals surface area contributed by atoms with Crippen molar-refractivity contribution in [2.45, 2.75) is 57.0 Å². The van der Waals surface area contributed by atoms with Crippen LogP contribution in [0.5, 0.6) is 5.75 Å². The summed E-state index contributed by atoms with van der Waals surface area (Å²) in [4.78, 5) is 15.8. The van der Waals surface area contributed by atoms with E-state index < -0.39 is 11.8 Å². The number of nitrogens with two attached hydrogens (primary N) is 1. The van der Waals surface area contributed by atoms with Crippen molar-refractivity contribution in [1.29, 1.82) is 0 Å². The minimum absolute atomic E-state index is 0.0881. The number of pyridine rings is 1. The molecular formula is C16H21F2N3O2. The first-order chi connectivity index (χ1) is 10.7. The number of carbonyl (C=O) groups excluding carboxylic acids is 1. The standard InChI is InChI=1S/C16H21F2N3O2/c1-15(2)8-23-12-9(5-11(14(19)22)21-13(12)15)7-20-10-3-4-16(17,18)6-10/h5,10,20H,3-4,6-8H2,1-2H3,(H2,19,22)/t10-/m0/s1. The average Bonchev–Trinajstić information content (AvgIpc) is 2.96. The molecule has 1 atom stereocenters. The number of carbonyl (C=O) groups is 1. The van der Waals surface area contributed by atoms with Crippen molar-refractivity contribution in [2.75, 3.05) is 6.61 Å². The molecule has 126 valence electrons. The van der Waals surface area contributed by atoms with Crippen LogP contribution in [-0.4, -0.2) is 29.5 Å². The number of hydrogen-bond acceptors (Lipinski definition) is 4. The quantitative estimate of drug-likeness (QED) is 0.889. The van der Waals surface area contributed by atoms with Gasteiger partial charge in [0, 0.05) is 36.4 Å². The molecule has 1 aliphatic carbocycles. The van der Waals surface area contributed by atoms with Crippen molar-refractivity contribution in [1.82, 2.24) is 10.3 Å². The highest BCUT2D eigenvalue weighted by Gasteiger charge is 2.40. The van der Waals surface area contributed by atoms with E-state index in [4.69, 9.17) is 10.5 Å². The molecule has 23 heavy (non-hydrogen) atoms. The molecule has 1 saturated carbocycles. The third-order valence-corrected chi connectivity index (χ3v) is 4.51. The molecule has 3 N–H and O–H groups in total. The summed E-state index contributed by atoms with van der Waals surface area (Å²) in [6, 6.07) is 1.35. The number of primary amides is 1. The molecule has 1 fully saturated rings. The summed E-state index contributed by atoms with van der Waals surface area (Å²) >= 11 is 0. The normalized spacial score (nSPS) is 24.3. The number of aromatic nitrogens is 1. The zero-order chi connectivity index (χ0) is 16.8. The van der Waals surface area contributed by atoms with E-state index in [9.17, 15) is 13.6 Å². The number of nitrogens with one attached hydrogen (secondary N) is 1. The second-order valence-electron chi connectivity index (χ2n) is 7.06. The molecule has 3 rings (SSSR count). The Morgan fingerprint density at radius 2 is 2.26 bits per heavy atom. The van der Waals surface area contributed by atoms with Gasteiger partial charge in [-0.3, -0.25) is 4.79 Å². The minimum atomic E-state index is -2.59. The molecule has 0 radical (unpaired) electrons. The topological polar surface area (TPSA) is 77.2 Å². The molecule has 1 aromatic heterocycles. The molecule has 0 unspecified atom stereocenters. The lowest BCUT2D eigenvalue weighted by Gasteiger charge is -2.17. The Labute approximate surface area is 133 Å². The van der Waals surface area contributed by atoms with Crippen LogP contribution >= 0.6 is 0 Å². The fraction of sp³-hybridized carbons (Fsp3) is 0.625. The van der Waals surface area contributed by atoms with Crippen LogP contribution in [0.3, 0.4) is 0 Å². The van der Waals surface area contributed by atoms with Gasteiger partial charge in [-0.2, -0.15) is 0 Å². The number of fused-ring (bicyclic) bond motifs is 1. The van der Waals surface area contributed by atoms with Gasteiger partial charge in [0.2, 0.25) is 5.92 Å². The van der Waals surface area contributed by atoms with Crippen LogP contribution in [0, 0.1) is 0 Å². The second-order valence-corrected chi connectivity index (χ2v) is 7.06. The summed E-state index contributed by atoms with van der Waals surface area (Å²) < 4.78 is 32.3. The van der Waals surface area contributed by atoms with Crippen LogP contribution < -0.4 is 15.8 Å². The number of ether oxygens (including phenoxy) is 1. The average molecular weight is 325 g/mol. The van der Waals surface area contributed by atoms with Gasteiger partial charge >= 0.3 is 0 Å². The first kappa shape index (κ1) is 16.1. The molecule has 1 aromatic rings. The molecule has 0 saturated heterocycles. The lowest BCUT2D eigenvalue weighted by Crippen LogP contribution is -2.28. The summed E-state index contributed by atoms with van der Waals surface area (Å²) in [5, 5.41) is 3.14. The highest BCUT2D eigenvalue weighted by Crippen LogP contribution is 2.40. The molecule has 0 spiro atoms. The number of amides is 1. The van der Waals surface area contributed by atoms with Crippen molar-refractivity contribution in [3.8, 4) is 5.75 Å². The molecule has 0 aromatic carbocycles. The van der Waals surface area contributed by atoms with Crippen LogP contribution in [0.2, 0.25) is 0 Å². The molecule has 1 amide bonds. The second kappa shape index (κ2) is 5.40. The van der Waals surface area contributed by atoms with Gasteiger partial charge in [-0.25, -0.2) is 13.8 Å². The smallest absolute Gasteiger partial charge is 0.267 e. The SMILES string of the molecule is CC1(C)COc2c(CN[C@H]3CCC(F)(F)C3)cc(C(N)=O)nc21. The predicted octanol–water partition coefficient (Wildman–Crippen LogP) is 2.13. The van der Waals surface area contributed by atoms with Crippen LogP contribution in [0.1, 0.15) is 54.9 Å². The van der Waals surface area contributed by atoms with Gasteiger partial charge in [0.05, 0.1) is 12.3 Å². The Balaban J connectivity index is 1.83. The Bertz CT molecular complexity index is 646. The van der Waals surface area contributed by atoms with Gasteiger partial charge in [-0.05, 0) is 12.5 Å². The molecule has 5 nitrogen and oxygen atoms in total. The number of hydrogen-bond donors (Lipinski definition) is 2. The molecule has 7 heteroatoms. The first-order valence-electron chi connectivity index (χ1n) is 7.76. The monoisotopic (exact) mass is 325 g/mol. The Hall–Kier alpha value is -1.76. The number of alkyl halides is 2. The fourth-order valence-corrected chi connectivity index (χ4v) is 3.16. The zero-order valence-corrected chi connectivity index (χ0v) is 13.3.